The topological polar surface area (TPSA) is 61.0 Å². The predicted octanol–water partition coefficient (Wildman–Crippen LogP) is 3.02. The Morgan fingerprint density at radius 1 is 1.10 bits per heavy atom. The van der Waals surface area contributed by atoms with Crippen molar-refractivity contribution >= 4 is 10.9 Å². The van der Waals surface area contributed by atoms with E-state index in [9.17, 15) is 4.39 Å². The molecule has 1 aromatic carbocycles. The van der Waals surface area contributed by atoms with Crippen LogP contribution < -0.4 is 10.5 Å². The lowest BCUT2D eigenvalue weighted by Gasteiger charge is -2.09. The van der Waals surface area contributed by atoms with Gasteiger partial charge in [-0.15, -0.1) is 0 Å². The zero-order chi connectivity index (χ0) is 13.9. The molecule has 0 amide bonds. The van der Waals surface area contributed by atoms with Gasteiger partial charge in [-0.3, -0.25) is 4.98 Å². The molecule has 100 valence electrons. The lowest BCUT2D eigenvalue weighted by Crippen LogP contribution is -2.02. The summed E-state index contributed by atoms with van der Waals surface area (Å²) in [4.78, 5) is 8.21. The molecular weight excluding hydrogens is 257 g/mol. The van der Waals surface area contributed by atoms with Crippen LogP contribution in [0.5, 0.6) is 11.6 Å². The first kappa shape index (κ1) is 12.5. The molecule has 0 fully saturated rings. The highest BCUT2D eigenvalue weighted by atomic mass is 19.1. The van der Waals surface area contributed by atoms with E-state index in [4.69, 9.17) is 10.5 Å². The molecule has 2 aromatic heterocycles. The molecule has 0 spiro atoms. The fraction of sp³-hybridized carbons (Fsp3) is 0.0667. The van der Waals surface area contributed by atoms with E-state index in [1.807, 2.05) is 30.3 Å². The smallest absolute Gasteiger partial charge is 0.223 e. The molecule has 2 N–H and O–H groups in total. The Morgan fingerprint density at radius 2 is 1.95 bits per heavy atom. The van der Waals surface area contributed by atoms with Gasteiger partial charge in [0.1, 0.15) is 11.6 Å². The number of aromatic nitrogens is 2. The number of para-hydroxylation sites is 1. The number of benzene rings is 1. The monoisotopic (exact) mass is 269 g/mol. The number of nitrogens with zero attached hydrogens (tertiary/aromatic N) is 2. The molecule has 0 saturated heterocycles. The van der Waals surface area contributed by atoms with E-state index in [0.29, 0.717) is 17.2 Å². The standard InChI is InChI=1S/C15H12FN3O/c16-12-5-11(7-17)15(19-8-12)20-13-6-10-3-1-2-4-14(10)18-9-13/h1-6,8-9H,7,17H2. The van der Waals surface area contributed by atoms with Crippen molar-refractivity contribution in [2.75, 3.05) is 0 Å². The summed E-state index contributed by atoms with van der Waals surface area (Å²) in [7, 11) is 0. The molecule has 0 bridgehead atoms. The summed E-state index contributed by atoms with van der Waals surface area (Å²) < 4.78 is 18.7. The second-order valence-corrected chi connectivity index (χ2v) is 4.29. The maximum atomic E-state index is 13.1. The predicted molar refractivity (Wildman–Crippen MR) is 73.9 cm³/mol. The van der Waals surface area contributed by atoms with Gasteiger partial charge < -0.3 is 10.5 Å². The molecule has 4 nitrogen and oxygen atoms in total. The number of fused-ring (bicyclic) bond motifs is 1. The van der Waals surface area contributed by atoms with Crippen molar-refractivity contribution in [2.24, 2.45) is 5.73 Å². The Kier molecular flexibility index (Phi) is 3.26. The highest BCUT2D eigenvalue weighted by Crippen LogP contribution is 2.25. The van der Waals surface area contributed by atoms with Gasteiger partial charge in [-0.2, -0.15) is 0 Å². The molecule has 0 radical (unpaired) electrons. The lowest BCUT2D eigenvalue weighted by molar-refractivity contribution is 0.451. The molecule has 0 unspecified atom stereocenters. The Hall–Kier alpha value is -2.53. The number of hydrogen-bond donors (Lipinski definition) is 1. The SMILES string of the molecule is NCc1cc(F)cnc1Oc1cnc2ccccc2c1. The van der Waals surface area contributed by atoms with E-state index in [2.05, 4.69) is 9.97 Å². The first-order valence-corrected chi connectivity index (χ1v) is 6.13. The average molecular weight is 269 g/mol. The number of pyridine rings is 2. The number of nitrogens with two attached hydrogens (primary N) is 1. The molecule has 20 heavy (non-hydrogen) atoms. The summed E-state index contributed by atoms with van der Waals surface area (Å²) in [6.45, 7) is 0.154. The van der Waals surface area contributed by atoms with Gasteiger partial charge in [0.15, 0.2) is 0 Å². The van der Waals surface area contributed by atoms with Crippen LogP contribution in [0.1, 0.15) is 5.56 Å². The van der Waals surface area contributed by atoms with Crippen molar-refractivity contribution in [1.29, 1.82) is 0 Å². The highest BCUT2D eigenvalue weighted by Gasteiger charge is 2.08. The molecule has 2 heterocycles. The molecule has 0 aliphatic rings. The van der Waals surface area contributed by atoms with E-state index >= 15 is 0 Å². The van der Waals surface area contributed by atoms with Crippen molar-refractivity contribution in [1.82, 2.24) is 9.97 Å². The van der Waals surface area contributed by atoms with Gasteiger partial charge in [-0.05, 0) is 18.2 Å². The summed E-state index contributed by atoms with van der Waals surface area (Å²) in [5.74, 6) is 0.401. The molecule has 5 heteroatoms. The fourth-order valence-corrected chi connectivity index (χ4v) is 1.93. The molecule has 0 atom stereocenters. The minimum absolute atomic E-state index is 0.154. The van der Waals surface area contributed by atoms with Crippen LogP contribution in [0, 0.1) is 5.82 Å². The third-order valence-electron chi connectivity index (χ3n) is 2.89. The second-order valence-electron chi connectivity index (χ2n) is 4.29. The third kappa shape index (κ3) is 2.44. The number of hydrogen-bond acceptors (Lipinski definition) is 4. The molecule has 0 aliphatic carbocycles. The molecule has 3 rings (SSSR count). The van der Waals surface area contributed by atoms with Crippen molar-refractivity contribution in [3.8, 4) is 11.6 Å². The number of ether oxygens (including phenoxy) is 1. The van der Waals surface area contributed by atoms with Crippen LogP contribution in [0.3, 0.4) is 0 Å². The first-order valence-electron chi connectivity index (χ1n) is 6.13. The van der Waals surface area contributed by atoms with Crippen LogP contribution >= 0.6 is 0 Å². The van der Waals surface area contributed by atoms with E-state index in [1.54, 1.807) is 6.20 Å². The summed E-state index contributed by atoms with van der Waals surface area (Å²) in [6.07, 6.45) is 2.70. The average Bonchev–Trinajstić information content (AvgIpc) is 2.49. The Balaban J connectivity index is 1.96. The zero-order valence-electron chi connectivity index (χ0n) is 10.6. The van der Waals surface area contributed by atoms with Gasteiger partial charge in [0.05, 0.1) is 17.9 Å². The fourth-order valence-electron chi connectivity index (χ4n) is 1.93. The van der Waals surface area contributed by atoms with Crippen molar-refractivity contribution in [3.63, 3.8) is 0 Å². The number of halogens is 1. The largest absolute Gasteiger partial charge is 0.437 e. The Bertz CT molecular complexity index is 761. The lowest BCUT2D eigenvalue weighted by atomic mass is 10.2. The van der Waals surface area contributed by atoms with Gasteiger partial charge in [0.25, 0.3) is 0 Å². The van der Waals surface area contributed by atoms with E-state index in [1.165, 1.54) is 6.07 Å². The maximum absolute atomic E-state index is 13.1. The van der Waals surface area contributed by atoms with Crippen molar-refractivity contribution in [3.05, 3.63) is 60.2 Å². The summed E-state index contributed by atoms with van der Waals surface area (Å²) in [6, 6.07) is 10.9. The van der Waals surface area contributed by atoms with Crippen molar-refractivity contribution in [2.45, 2.75) is 6.54 Å². The van der Waals surface area contributed by atoms with Gasteiger partial charge >= 0.3 is 0 Å². The molecule has 3 aromatic rings. The second kappa shape index (κ2) is 5.22. The number of rotatable bonds is 3. The molecule has 0 aliphatic heterocycles. The highest BCUT2D eigenvalue weighted by molar-refractivity contribution is 5.79. The van der Waals surface area contributed by atoms with Gasteiger partial charge in [0.2, 0.25) is 5.88 Å². The van der Waals surface area contributed by atoms with E-state index in [-0.39, 0.29) is 6.54 Å². The van der Waals surface area contributed by atoms with E-state index in [0.717, 1.165) is 17.1 Å². The summed E-state index contributed by atoms with van der Waals surface area (Å²) in [5, 5.41) is 0.960. The third-order valence-corrected chi connectivity index (χ3v) is 2.89. The van der Waals surface area contributed by atoms with E-state index < -0.39 is 5.82 Å². The van der Waals surface area contributed by atoms with Crippen LogP contribution in [0.4, 0.5) is 4.39 Å². The summed E-state index contributed by atoms with van der Waals surface area (Å²) >= 11 is 0. The maximum Gasteiger partial charge on any atom is 0.223 e. The van der Waals surface area contributed by atoms with Crippen LogP contribution in [0.15, 0.2) is 48.8 Å². The van der Waals surface area contributed by atoms with Crippen LogP contribution in [-0.2, 0) is 6.54 Å². The normalized spacial score (nSPS) is 10.7. The zero-order valence-corrected chi connectivity index (χ0v) is 10.6. The Labute approximate surface area is 115 Å². The van der Waals surface area contributed by atoms with Crippen LogP contribution in [0.25, 0.3) is 10.9 Å². The minimum Gasteiger partial charge on any atom is -0.437 e. The van der Waals surface area contributed by atoms with Gasteiger partial charge in [-0.1, -0.05) is 18.2 Å². The minimum atomic E-state index is -0.436. The van der Waals surface area contributed by atoms with Gasteiger partial charge in [0, 0.05) is 17.5 Å². The van der Waals surface area contributed by atoms with Crippen LogP contribution in [-0.4, -0.2) is 9.97 Å². The van der Waals surface area contributed by atoms with Crippen molar-refractivity contribution < 1.29 is 9.13 Å². The van der Waals surface area contributed by atoms with Crippen LogP contribution in [0.2, 0.25) is 0 Å². The quantitative estimate of drug-likeness (QED) is 0.794. The molecule has 0 saturated carbocycles. The Morgan fingerprint density at radius 3 is 2.80 bits per heavy atom. The molecular formula is C15H12FN3O. The van der Waals surface area contributed by atoms with Gasteiger partial charge in [-0.25, -0.2) is 9.37 Å². The summed E-state index contributed by atoms with van der Waals surface area (Å²) in [5.41, 5.74) is 6.95. The first-order chi connectivity index (χ1) is 9.76.